The van der Waals surface area contributed by atoms with E-state index in [9.17, 15) is 19.5 Å². The lowest BCUT2D eigenvalue weighted by Crippen LogP contribution is -2.53. The Kier molecular flexibility index (Phi) is 11.8. The lowest BCUT2D eigenvalue weighted by Gasteiger charge is -2.39. The van der Waals surface area contributed by atoms with E-state index in [4.69, 9.17) is 9.47 Å². The minimum absolute atomic E-state index is 0.0120. The second-order valence-corrected chi connectivity index (χ2v) is 12.7. The van der Waals surface area contributed by atoms with Gasteiger partial charge >= 0.3 is 0 Å². The maximum Gasteiger partial charge on any atom is 0.270 e. The fourth-order valence-electron chi connectivity index (χ4n) is 5.71. The van der Waals surface area contributed by atoms with Crippen LogP contribution in [0.15, 0.2) is 18.2 Å². The Hall–Kier alpha value is -2.49. The molecule has 0 bridgehead atoms. The van der Waals surface area contributed by atoms with Crippen LogP contribution in [0, 0.1) is 23.7 Å². The van der Waals surface area contributed by atoms with Crippen LogP contribution in [0.4, 0.5) is 11.4 Å². The highest BCUT2D eigenvalue weighted by molar-refractivity contribution is 6.04. The molecule has 1 saturated carbocycles. The van der Waals surface area contributed by atoms with E-state index in [2.05, 4.69) is 26.1 Å². The maximum atomic E-state index is 13.5. The minimum Gasteiger partial charge on any atom is -0.476 e. The van der Waals surface area contributed by atoms with Gasteiger partial charge in [-0.1, -0.05) is 20.8 Å². The Bertz CT molecular complexity index is 1050. The van der Waals surface area contributed by atoms with Crippen LogP contribution < -0.4 is 19.9 Å². The quantitative estimate of drug-likeness (QED) is 0.409. The zero-order valence-electron chi connectivity index (χ0n) is 26.1. The first kappa shape index (κ1) is 33.0. The molecule has 1 aromatic carbocycles. The van der Waals surface area contributed by atoms with E-state index in [0.29, 0.717) is 30.9 Å². The topological polar surface area (TPSA) is 108 Å². The number of rotatable bonds is 11. The summed E-state index contributed by atoms with van der Waals surface area (Å²) in [4.78, 5) is 41.6. The number of carbonyl (C=O) groups is 3. The maximum absolute atomic E-state index is 13.5. The van der Waals surface area contributed by atoms with Crippen molar-refractivity contribution < 1.29 is 29.0 Å². The van der Waals surface area contributed by atoms with Gasteiger partial charge in [0, 0.05) is 50.5 Å². The SMILES string of the molecule is CC(=O)C1CNCC(C(=O)N(c2ccc3c(c2)N(CCO)C(=O)C(C)(C)O3)C2CC2)C1.CCOCC(C)CC(C)C. The van der Waals surface area contributed by atoms with Gasteiger partial charge in [0.1, 0.15) is 11.5 Å². The average Bonchev–Trinajstić information content (AvgIpc) is 3.75. The second kappa shape index (κ2) is 14.6. The van der Waals surface area contributed by atoms with Crippen molar-refractivity contribution in [3.05, 3.63) is 18.2 Å². The van der Waals surface area contributed by atoms with Crippen LogP contribution in [0.3, 0.4) is 0 Å². The van der Waals surface area contributed by atoms with Crippen molar-refractivity contribution in [2.75, 3.05) is 49.3 Å². The van der Waals surface area contributed by atoms with Gasteiger partial charge in [-0.2, -0.15) is 0 Å². The number of Topliss-reactive ketones (excluding diaryl/α,β-unsaturated/α-hetero) is 1. The number of benzene rings is 1. The third kappa shape index (κ3) is 8.75. The molecule has 0 aromatic heterocycles. The van der Waals surface area contributed by atoms with E-state index in [0.717, 1.165) is 43.6 Å². The fourth-order valence-corrected chi connectivity index (χ4v) is 5.71. The van der Waals surface area contributed by atoms with E-state index in [1.807, 2.05) is 24.0 Å². The number of β-amino-alcohol motifs (C(OH)–C–C–N with tert-alkyl or cyclic N) is 1. The molecule has 3 aliphatic rings. The summed E-state index contributed by atoms with van der Waals surface area (Å²) >= 11 is 0. The number of fused-ring (bicyclic) bond motifs is 1. The Balaban J connectivity index is 0.000000397. The number of nitrogens with zero attached hydrogens (tertiary/aromatic N) is 2. The van der Waals surface area contributed by atoms with Gasteiger partial charge < -0.3 is 29.7 Å². The molecule has 230 valence electrons. The summed E-state index contributed by atoms with van der Waals surface area (Å²) in [5.74, 6) is 1.57. The number of ketones is 1. The van der Waals surface area contributed by atoms with Gasteiger partial charge in [0.25, 0.3) is 5.91 Å². The number of nitrogens with one attached hydrogen (secondary N) is 1. The molecule has 2 fully saturated rings. The highest BCUT2D eigenvalue weighted by Gasteiger charge is 2.43. The Morgan fingerprint density at radius 2 is 1.88 bits per heavy atom. The molecule has 2 N–H and O–H groups in total. The average molecular weight is 574 g/mol. The first-order chi connectivity index (χ1) is 19.4. The Morgan fingerprint density at radius 1 is 1.20 bits per heavy atom. The van der Waals surface area contributed by atoms with Crippen molar-refractivity contribution in [2.45, 2.75) is 85.8 Å². The number of carbonyl (C=O) groups excluding carboxylic acids is 3. The van der Waals surface area contributed by atoms with Gasteiger partial charge in [-0.3, -0.25) is 14.4 Å². The molecule has 0 radical (unpaired) electrons. The lowest BCUT2D eigenvalue weighted by atomic mass is 9.87. The molecule has 1 aromatic rings. The summed E-state index contributed by atoms with van der Waals surface area (Å²) in [6, 6.07) is 5.60. The highest BCUT2D eigenvalue weighted by atomic mass is 16.5. The van der Waals surface area contributed by atoms with Crippen LogP contribution in [-0.4, -0.2) is 73.8 Å². The molecule has 3 unspecified atom stereocenters. The van der Waals surface area contributed by atoms with Crippen molar-refractivity contribution in [1.82, 2.24) is 5.32 Å². The molecule has 4 rings (SSSR count). The summed E-state index contributed by atoms with van der Waals surface area (Å²) in [7, 11) is 0. The molecule has 1 aliphatic carbocycles. The third-order valence-corrected chi connectivity index (χ3v) is 7.86. The molecule has 41 heavy (non-hydrogen) atoms. The van der Waals surface area contributed by atoms with Crippen LogP contribution >= 0.6 is 0 Å². The van der Waals surface area contributed by atoms with E-state index < -0.39 is 5.60 Å². The zero-order valence-corrected chi connectivity index (χ0v) is 26.1. The number of piperidine rings is 1. The minimum atomic E-state index is -1.02. The summed E-state index contributed by atoms with van der Waals surface area (Å²) in [6.45, 7) is 16.7. The summed E-state index contributed by atoms with van der Waals surface area (Å²) < 4.78 is 11.2. The zero-order chi connectivity index (χ0) is 30.3. The molecule has 2 amide bonds. The molecule has 1 saturated heterocycles. The number of aliphatic hydroxyl groups is 1. The van der Waals surface area contributed by atoms with E-state index >= 15 is 0 Å². The number of hydrogen-bond acceptors (Lipinski definition) is 7. The largest absolute Gasteiger partial charge is 0.476 e. The molecule has 2 aliphatic heterocycles. The standard InChI is InChI=1S/C23H31N3O5.C9H20O/c1-14(28)15-10-16(13-24-12-15)21(29)26(17-4-5-17)18-6-7-20-19(11-18)25(8-9-27)22(30)23(2,3)31-20;1-5-10-7-9(4)6-8(2)3/h6-7,11,15-17,24,27H,4-5,8-10,12-13H2,1-3H3;8-9H,5-7H2,1-4H3. The number of anilines is 2. The number of amides is 2. The Morgan fingerprint density at radius 3 is 2.46 bits per heavy atom. The van der Waals surface area contributed by atoms with Crippen LogP contribution in [0.25, 0.3) is 0 Å². The van der Waals surface area contributed by atoms with Crippen molar-refractivity contribution in [3.8, 4) is 5.75 Å². The van der Waals surface area contributed by atoms with Gasteiger partial charge in [-0.05, 0) is 83.4 Å². The first-order valence-electron chi connectivity index (χ1n) is 15.3. The lowest BCUT2D eigenvalue weighted by molar-refractivity contribution is -0.132. The van der Waals surface area contributed by atoms with Gasteiger partial charge in [0.15, 0.2) is 5.60 Å². The molecule has 9 nitrogen and oxygen atoms in total. The van der Waals surface area contributed by atoms with Crippen molar-refractivity contribution >= 4 is 29.0 Å². The molecular weight excluding hydrogens is 522 g/mol. The predicted octanol–water partition coefficient (Wildman–Crippen LogP) is 4.20. The number of ether oxygens (including phenoxy) is 2. The Labute approximate surface area is 245 Å². The van der Waals surface area contributed by atoms with Crippen LogP contribution in [-0.2, 0) is 19.1 Å². The smallest absolute Gasteiger partial charge is 0.270 e. The number of aliphatic hydroxyl groups excluding tert-OH is 1. The molecular formula is C32H51N3O6. The van der Waals surface area contributed by atoms with Crippen molar-refractivity contribution in [1.29, 1.82) is 0 Å². The van der Waals surface area contributed by atoms with Gasteiger partial charge in [0.05, 0.1) is 18.2 Å². The molecule has 3 atom stereocenters. The predicted molar refractivity (Wildman–Crippen MR) is 161 cm³/mol. The van der Waals surface area contributed by atoms with Crippen molar-refractivity contribution in [2.24, 2.45) is 23.7 Å². The monoisotopic (exact) mass is 573 g/mol. The number of hydrogen-bond donors (Lipinski definition) is 2. The third-order valence-electron chi connectivity index (χ3n) is 7.86. The van der Waals surface area contributed by atoms with Gasteiger partial charge in [-0.25, -0.2) is 0 Å². The van der Waals surface area contributed by atoms with Crippen molar-refractivity contribution in [3.63, 3.8) is 0 Å². The van der Waals surface area contributed by atoms with Crippen LogP contribution in [0.1, 0.15) is 74.1 Å². The molecule has 9 heteroatoms. The molecule has 0 spiro atoms. The first-order valence-corrected chi connectivity index (χ1v) is 15.3. The second-order valence-electron chi connectivity index (χ2n) is 12.7. The van der Waals surface area contributed by atoms with Crippen LogP contribution in [0.2, 0.25) is 0 Å². The highest BCUT2D eigenvalue weighted by Crippen LogP contribution is 2.42. The fraction of sp³-hybridized carbons (Fsp3) is 0.719. The summed E-state index contributed by atoms with van der Waals surface area (Å²) in [6.07, 6.45) is 3.70. The summed E-state index contributed by atoms with van der Waals surface area (Å²) in [5, 5.41) is 12.7. The van der Waals surface area contributed by atoms with Crippen LogP contribution in [0.5, 0.6) is 5.75 Å². The van der Waals surface area contributed by atoms with E-state index in [-0.39, 0.29) is 48.6 Å². The van der Waals surface area contributed by atoms with E-state index in [1.54, 1.807) is 26.8 Å². The molecule has 2 heterocycles. The van der Waals surface area contributed by atoms with Gasteiger partial charge in [0.2, 0.25) is 5.91 Å². The summed E-state index contributed by atoms with van der Waals surface area (Å²) in [5.41, 5.74) is 0.262. The van der Waals surface area contributed by atoms with E-state index in [1.165, 1.54) is 11.3 Å². The van der Waals surface area contributed by atoms with Gasteiger partial charge in [-0.15, -0.1) is 0 Å². The normalized spacial score (nSPS) is 22.3.